The van der Waals surface area contributed by atoms with Gasteiger partial charge in [-0.3, -0.25) is 10.1 Å². The number of nitrogens with one attached hydrogen (secondary N) is 1. The van der Waals surface area contributed by atoms with Crippen LogP contribution >= 0.6 is 0 Å². The average Bonchev–Trinajstić information content (AvgIpc) is 3.45. The first kappa shape index (κ1) is 17.3. The third-order valence-electron chi connectivity index (χ3n) is 4.08. The first-order chi connectivity index (χ1) is 12.2. The van der Waals surface area contributed by atoms with Crippen LogP contribution in [-0.4, -0.2) is 34.6 Å². The molecule has 132 valence electrons. The number of nitrogens with zero attached hydrogens (tertiary/aromatic N) is 3. The maximum atomic E-state index is 10.8. The monoisotopic (exact) mass is 342 g/mol. The van der Waals surface area contributed by atoms with Crippen molar-refractivity contribution in [2.24, 2.45) is 5.92 Å². The van der Waals surface area contributed by atoms with E-state index in [4.69, 9.17) is 4.74 Å². The normalized spacial score (nSPS) is 13.6. The number of aromatic nitrogens is 2. The summed E-state index contributed by atoms with van der Waals surface area (Å²) in [5.74, 6) is 2.07. The van der Waals surface area contributed by atoms with Gasteiger partial charge in [-0.1, -0.05) is 6.92 Å². The zero-order valence-electron chi connectivity index (χ0n) is 14.3. The van der Waals surface area contributed by atoms with Crippen molar-refractivity contribution in [2.45, 2.75) is 26.2 Å². The van der Waals surface area contributed by atoms with Crippen LogP contribution in [0.3, 0.4) is 0 Å². The molecule has 0 radical (unpaired) electrons. The molecule has 7 heteroatoms. The number of nitro benzene ring substituents is 1. The maximum absolute atomic E-state index is 10.8. The lowest BCUT2D eigenvalue weighted by Gasteiger charge is -2.10. The molecule has 2 aromatic rings. The van der Waals surface area contributed by atoms with Crippen molar-refractivity contribution in [3.8, 4) is 11.4 Å². The molecule has 3 rings (SSSR count). The topological polar surface area (TPSA) is 90.2 Å². The molecule has 0 amide bonds. The highest BCUT2D eigenvalue weighted by atomic mass is 16.6. The van der Waals surface area contributed by atoms with Crippen molar-refractivity contribution in [3.63, 3.8) is 0 Å². The number of non-ortho nitro benzene ring substituents is 1. The highest BCUT2D eigenvalue weighted by Crippen LogP contribution is 2.28. The van der Waals surface area contributed by atoms with Crippen molar-refractivity contribution in [1.82, 2.24) is 9.97 Å². The summed E-state index contributed by atoms with van der Waals surface area (Å²) >= 11 is 0. The molecule has 0 atom stereocenters. The highest BCUT2D eigenvalue weighted by molar-refractivity contribution is 5.59. The van der Waals surface area contributed by atoms with Crippen LogP contribution < -0.4 is 5.32 Å². The van der Waals surface area contributed by atoms with Crippen LogP contribution in [0.2, 0.25) is 0 Å². The van der Waals surface area contributed by atoms with E-state index in [0.717, 1.165) is 36.0 Å². The lowest BCUT2D eigenvalue weighted by atomic mass is 10.2. The Kier molecular flexibility index (Phi) is 5.55. The maximum Gasteiger partial charge on any atom is 0.269 e. The van der Waals surface area contributed by atoms with E-state index in [0.29, 0.717) is 19.0 Å². The van der Waals surface area contributed by atoms with Gasteiger partial charge in [-0.05, 0) is 37.3 Å². The van der Waals surface area contributed by atoms with Crippen LogP contribution in [0.15, 0.2) is 30.3 Å². The zero-order chi connectivity index (χ0) is 17.6. The second kappa shape index (κ2) is 8.02. The Balaban J connectivity index is 1.66. The number of rotatable bonds is 9. The van der Waals surface area contributed by atoms with Crippen LogP contribution in [-0.2, 0) is 11.2 Å². The Morgan fingerprint density at radius 2 is 2.04 bits per heavy atom. The molecule has 0 unspecified atom stereocenters. The smallest absolute Gasteiger partial charge is 0.269 e. The van der Waals surface area contributed by atoms with Crippen LogP contribution in [0.4, 0.5) is 11.5 Å². The predicted octanol–water partition coefficient (Wildman–Crippen LogP) is 3.45. The van der Waals surface area contributed by atoms with Gasteiger partial charge in [-0.25, -0.2) is 9.97 Å². The minimum Gasteiger partial charge on any atom is -0.379 e. The molecular weight excluding hydrogens is 320 g/mol. The van der Waals surface area contributed by atoms with Crippen molar-refractivity contribution in [1.29, 1.82) is 0 Å². The highest BCUT2D eigenvalue weighted by Gasteiger charge is 2.20. The number of anilines is 1. The van der Waals surface area contributed by atoms with Gasteiger partial charge in [0.25, 0.3) is 5.69 Å². The van der Waals surface area contributed by atoms with Crippen molar-refractivity contribution < 1.29 is 9.66 Å². The third-order valence-corrected chi connectivity index (χ3v) is 4.08. The molecule has 0 saturated heterocycles. The number of nitro groups is 1. The van der Waals surface area contributed by atoms with E-state index in [1.807, 2.05) is 13.0 Å². The molecule has 1 aliphatic carbocycles. The molecule has 1 aliphatic rings. The minimum absolute atomic E-state index is 0.0570. The molecule has 1 N–H and O–H groups in total. The summed E-state index contributed by atoms with van der Waals surface area (Å²) in [6, 6.07) is 8.22. The molecule has 1 saturated carbocycles. The quantitative estimate of drug-likeness (QED) is 0.426. The lowest BCUT2D eigenvalue weighted by molar-refractivity contribution is -0.384. The molecule has 1 fully saturated rings. The summed E-state index contributed by atoms with van der Waals surface area (Å²) in [4.78, 5) is 19.4. The number of aryl methyl sites for hydroxylation is 1. The molecule has 0 aliphatic heterocycles. The lowest BCUT2D eigenvalue weighted by Crippen LogP contribution is -2.12. The van der Waals surface area contributed by atoms with Crippen molar-refractivity contribution >= 4 is 11.5 Å². The summed E-state index contributed by atoms with van der Waals surface area (Å²) in [6.07, 6.45) is 3.37. The Bertz CT molecular complexity index is 730. The Labute approximate surface area is 146 Å². The van der Waals surface area contributed by atoms with Gasteiger partial charge in [0.1, 0.15) is 5.82 Å². The van der Waals surface area contributed by atoms with E-state index < -0.39 is 4.92 Å². The zero-order valence-corrected chi connectivity index (χ0v) is 14.3. The second-order valence-electron chi connectivity index (χ2n) is 6.17. The second-order valence-corrected chi connectivity index (χ2v) is 6.17. The van der Waals surface area contributed by atoms with Gasteiger partial charge in [0, 0.05) is 42.6 Å². The first-order valence-corrected chi connectivity index (χ1v) is 8.60. The standard InChI is InChI=1S/C18H22N4O3/c1-2-15-11-17(19-9-10-25-12-13-3-4-13)21-18(20-15)14-5-7-16(8-6-14)22(23)24/h5-8,11,13H,2-4,9-10,12H2,1H3,(H,19,20,21). The Hall–Kier alpha value is -2.54. The fraction of sp³-hybridized carbons (Fsp3) is 0.444. The summed E-state index contributed by atoms with van der Waals surface area (Å²) in [5.41, 5.74) is 1.74. The van der Waals surface area contributed by atoms with Gasteiger partial charge in [0.2, 0.25) is 0 Å². The van der Waals surface area contributed by atoms with Crippen molar-refractivity contribution in [3.05, 3.63) is 46.1 Å². The van der Waals surface area contributed by atoms with Crippen LogP contribution in [0.25, 0.3) is 11.4 Å². The largest absolute Gasteiger partial charge is 0.379 e. The summed E-state index contributed by atoms with van der Waals surface area (Å²) in [5, 5.41) is 14.0. The molecular formula is C18H22N4O3. The molecule has 0 spiro atoms. The van der Waals surface area contributed by atoms with E-state index >= 15 is 0 Å². The van der Waals surface area contributed by atoms with Gasteiger partial charge in [-0.2, -0.15) is 0 Å². The number of hydrogen-bond acceptors (Lipinski definition) is 6. The van der Waals surface area contributed by atoms with E-state index in [1.165, 1.54) is 25.0 Å². The fourth-order valence-corrected chi connectivity index (χ4v) is 2.42. The predicted molar refractivity (Wildman–Crippen MR) is 95.5 cm³/mol. The van der Waals surface area contributed by atoms with Crippen LogP contribution in [0.1, 0.15) is 25.5 Å². The third kappa shape index (κ3) is 4.96. The van der Waals surface area contributed by atoms with Gasteiger partial charge in [0.15, 0.2) is 5.82 Å². The Morgan fingerprint density at radius 3 is 2.68 bits per heavy atom. The molecule has 25 heavy (non-hydrogen) atoms. The molecule has 1 aromatic carbocycles. The first-order valence-electron chi connectivity index (χ1n) is 8.60. The Morgan fingerprint density at radius 1 is 1.28 bits per heavy atom. The van der Waals surface area contributed by atoms with Gasteiger partial charge < -0.3 is 10.1 Å². The van der Waals surface area contributed by atoms with Gasteiger partial charge in [0.05, 0.1) is 11.5 Å². The molecule has 1 aromatic heterocycles. The van der Waals surface area contributed by atoms with Gasteiger partial charge >= 0.3 is 0 Å². The van der Waals surface area contributed by atoms with Crippen LogP contribution in [0.5, 0.6) is 0 Å². The number of benzene rings is 1. The molecule has 7 nitrogen and oxygen atoms in total. The van der Waals surface area contributed by atoms with E-state index in [1.54, 1.807) is 12.1 Å². The van der Waals surface area contributed by atoms with Crippen molar-refractivity contribution in [2.75, 3.05) is 25.1 Å². The summed E-state index contributed by atoms with van der Waals surface area (Å²) in [6.45, 7) is 4.21. The van der Waals surface area contributed by atoms with Gasteiger partial charge in [-0.15, -0.1) is 0 Å². The van der Waals surface area contributed by atoms with E-state index in [-0.39, 0.29) is 5.69 Å². The minimum atomic E-state index is -0.415. The van der Waals surface area contributed by atoms with E-state index in [2.05, 4.69) is 15.3 Å². The molecule has 1 heterocycles. The fourth-order valence-electron chi connectivity index (χ4n) is 2.42. The van der Waals surface area contributed by atoms with E-state index in [9.17, 15) is 10.1 Å². The number of ether oxygens (including phenoxy) is 1. The summed E-state index contributed by atoms with van der Waals surface area (Å²) < 4.78 is 5.62. The summed E-state index contributed by atoms with van der Waals surface area (Å²) in [7, 11) is 0. The SMILES string of the molecule is CCc1cc(NCCOCC2CC2)nc(-c2ccc([N+](=O)[O-])cc2)n1. The average molecular weight is 342 g/mol. The molecule has 0 bridgehead atoms. The van der Waals surface area contributed by atoms with Crippen LogP contribution in [0, 0.1) is 16.0 Å². The number of hydrogen-bond donors (Lipinski definition) is 1.